The lowest BCUT2D eigenvalue weighted by atomic mass is 9.99. The first-order valence-electron chi connectivity index (χ1n) is 11.2. The summed E-state index contributed by atoms with van der Waals surface area (Å²) in [4.78, 5) is 0.902. The van der Waals surface area contributed by atoms with Crippen molar-refractivity contribution in [3.8, 4) is 11.5 Å². The van der Waals surface area contributed by atoms with E-state index in [-0.39, 0.29) is 17.0 Å². The predicted molar refractivity (Wildman–Crippen MR) is 122 cm³/mol. The van der Waals surface area contributed by atoms with Crippen LogP contribution in [0.3, 0.4) is 0 Å². The molecule has 3 aromatic carbocycles. The first-order valence-corrected chi connectivity index (χ1v) is 11.2. The summed E-state index contributed by atoms with van der Waals surface area (Å²) in [5, 5.41) is 9.66. The standard InChI is InChI=1S/C26H21F10NO2/c1-16-8-10-20(11-9-16)39-21-7-3-6-19(13-21)37(15-22(38)24(29,30)31)14-17-4-2-5-18(12-17)23(27,28)25(32,33)26(34,35)36/h2-13,22,38H,14-15H2,1H3/t22-/m1/s1. The molecule has 3 nitrogen and oxygen atoms in total. The van der Waals surface area contributed by atoms with E-state index in [0.717, 1.165) is 22.6 Å². The summed E-state index contributed by atoms with van der Waals surface area (Å²) in [6.07, 6.45) is -14.5. The highest BCUT2D eigenvalue weighted by Gasteiger charge is 2.73. The van der Waals surface area contributed by atoms with Crippen LogP contribution in [-0.4, -0.2) is 36.0 Å². The minimum atomic E-state index is -6.56. The molecule has 212 valence electrons. The van der Waals surface area contributed by atoms with Crippen LogP contribution in [0.2, 0.25) is 0 Å². The molecule has 39 heavy (non-hydrogen) atoms. The highest BCUT2D eigenvalue weighted by Crippen LogP contribution is 2.51. The average molecular weight is 569 g/mol. The number of aliphatic hydroxyl groups is 1. The molecule has 0 radical (unpaired) electrons. The number of aryl methyl sites for hydroxylation is 1. The monoisotopic (exact) mass is 569 g/mol. The van der Waals surface area contributed by atoms with Crippen molar-refractivity contribution in [2.24, 2.45) is 0 Å². The van der Waals surface area contributed by atoms with Gasteiger partial charge in [-0.2, -0.15) is 43.9 Å². The number of nitrogens with zero attached hydrogens (tertiary/aromatic N) is 1. The largest absolute Gasteiger partial charge is 0.460 e. The van der Waals surface area contributed by atoms with E-state index in [9.17, 15) is 49.0 Å². The van der Waals surface area contributed by atoms with E-state index in [1.807, 2.05) is 6.92 Å². The quantitative estimate of drug-likeness (QED) is 0.265. The second-order valence-corrected chi connectivity index (χ2v) is 8.70. The van der Waals surface area contributed by atoms with Crippen LogP contribution in [0, 0.1) is 6.92 Å². The molecule has 0 heterocycles. The van der Waals surface area contributed by atoms with Gasteiger partial charge in [0.25, 0.3) is 0 Å². The number of halogens is 10. The Kier molecular flexibility index (Phi) is 8.44. The first-order chi connectivity index (χ1) is 17.9. The van der Waals surface area contributed by atoms with E-state index in [1.165, 1.54) is 24.3 Å². The molecular weight excluding hydrogens is 548 g/mol. The van der Waals surface area contributed by atoms with Crippen LogP contribution in [0.15, 0.2) is 72.8 Å². The predicted octanol–water partition coefficient (Wildman–Crippen LogP) is 8.01. The summed E-state index contributed by atoms with van der Waals surface area (Å²) in [5.74, 6) is -11.5. The number of ether oxygens (including phenoxy) is 1. The molecule has 1 N–H and O–H groups in total. The summed E-state index contributed by atoms with van der Waals surface area (Å²) in [5.41, 5.74) is -1.05. The summed E-state index contributed by atoms with van der Waals surface area (Å²) in [7, 11) is 0. The maximum Gasteiger partial charge on any atom is 0.460 e. The number of alkyl halides is 10. The maximum absolute atomic E-state index is 14.2. The molecule has 0 saturated heterocycles. The minimum Gasteiger partial charge on any atom is -0.457 e. The number of hydrogen-bond donors (Lipinski definition) is 1. The van der Waals surface area contributed by atoms with Crippen molar-refractivity contribution < 1.29 is 53.7 Å². The van der Waals surface area contributed by atoms with E-state index in [0.29, 0.717) is 17.9 Å². The Morgan fingerprint density at radius 3 is 1.97 bits per heavy atom. The van der Waals surface area contributed by atoms with Crippen LogP contribution in [0.25, 0.3) is 0 Å². The third kappa shape index (κ3) is 6.94. The molecule has 0 aromatic heterocycles. The molecule has 0 saturated carbocycles. The molecule has 0 amide bonds. The second-order valence-electron chi connectivity index (χ2n) is 8.70. The molecule has 3 aromatic rings. The van der Waals surface area contributed by atoms with Gasteiger partial charge < -0.3 is 14.7 Å². The fourth-order valence-corrected chi connectivity index (χ4v) is 3.50. The van der Waals surface area contributed by atoms with Crippen LogP contribution < -0.4 is 9.64 Å². The lowest BCUT2D eigenvalue weighted by Gasteiger charge is -2.30. The molecule has 0 aliphatic heterocycles. The summed E-state index contributed by atoms with van der Waals surface area (Å²) in [6, 6.07) is 14.8. The molecule has 0 unspecified atom stereocenters. The van der Waals surface area contributed by atoms with Crippen LogP contribution >= 0.6 is 0 Å². The summed E-state index contributed by atoms with van der Waals surface area (Å²) < 4.78 is 139. The zero-order valence-electron chi connectivity index (χ0n) is 20.0. The Bertz CT molecular complexity index is 1260. The zero-order chi connectivity index (χ0) is 29.2. The highest BCUT2D eigenvalue weighted by atomic mass is 19.4. The molecular formula is C26H21F10NO2. The van der Waals surface area contributed by atoms with Crippen molar-refractivity contribution in [3.05, 3.63) is 89.5 Å². The van der Waals surface area contributed by atoms with Crippen LogP contribution in [0.5, 0.6) is 11.5 Å². The molecule has 1 atom stereocenters. The van der Waals surface area contributed by atoms with Gasteiger partial charge in [0.15, 0.2) is 6.10 Å². The van der Waals surface area contributed by atoms with Gasteiger partial charge in [0.1, 0.15) is 11.5 Å². The lowest BCUT2D eigenvalue weighted by molar-refractivity contribution is -0.359. The van der Waals surface area contributed by atoms with Crippen molar-refractivity contribution in [2.45, 2.75) is 43.8 Å². The molecule has 13 heteroatoms. The van der Waals surface area contributed by atoms with Gasteiger partial charge in [0.05, 0.1) is 6.54 Å². The number of benzene rings is 3. The summed E-state index contributed by atoms with van der Waals surface area (Å²) >= 11 is 0. The third-order valence-corrected chi connectivity index (χ3v) is 5.62. The van der Waals surface area contributed by atoms with Crippen LogP contribution in [0.4, 0.5) is 49.6 Å². The molecule has 0 spiro atoms. The SMILES string of the molecule is Cc1ccc(Oc2cccc(N(Cc3cccc(C(F)(F)C(F)(F)C(F)(F)F)c3)C[C@@H](O)C(F)(F)F)c2)cc1. The molecule has 0 fully saturated rings. The Balaban J connectivity index is 1.96. The van der Waals surface area contributed by atoms with Gasteiger partial charge >= 0.3 is 24.2 Å². The number of hydrogen-bond acceptors (Lipinski definition) is 3. The van der Waals surface area contributed by atoms with Gasteiger partial charge in [0, 0.05) is 23.9 Å². The maximum atomic E-state index is 14.2. The van der Waals surface area contributed by atoms with E-state index in [1.54, 1.807) is 24.3 Å². The van der Waals surface area contributed by atoms with Gasteiger partial charge in [-0.05, 0) is 42.8 Å². The van der Waals surface area contributed by atoms with Gasteiger partial charge in [-0.25, -0.2) is 0 Å². The number of anilines is 1. The Labute approximate surface area is 216 Å². The normalized spacial score (nSPS) is 13.7. The van der Waals surface area contributed by atoms with E-state index in [2.05, 4.69) is 0 Å². The summed E-state index contributed by atoms with van der Waals surface area (Å²) in [6.45, 7) is 0.0583. The highest BCUT2D eigenvalue weighted by molar-refractivity contribution is 5.52. The second kappa shape index (κ2) is 10.9. The average Bonchev–Trinajstić information content (AvgIpc) is 2.84. The Morgan fingerprint density at radius 1 is 0.769 bits per heavy atom. The van der Waals surface area contributed by atoms with Crippen molar-refractivity contribution in [3.63, 3.8) is 0 Å². The van der Waals surface area contributed by atoms with E-state index in [4.69, 9.17) is 4.74 Å². The van der Waals surface area contributed by atoms with Gasteiger partial charge in [-0.15, -0.1) is 0 Å². The van der Waals surface area contributed by atoms with Crippen LogP contribution in [0.1, 0.15) is 16.7 Å². The van der Waals surface area contributed by atoms with Crippen LogP contribution in [-0.2, 0) is 12.5 Å². The number of rotatable bonds is 9. The zero-order valence-corrected chi connectivity index (χ0v) is 20.0. The molecule has 0 aliphatic rings. The third-order valence-electron chi connectivity index (χ3n) is 5.62. The number of aliphatic hydroxyl groups excluding tert-OH is 1. The smallest absolute Gasteiger partial charge is 0.457 e. The minimum absolute atomic E-state index is 0.0145. The van der Waals surface area contributed by atoms with Gasteiger partial charge in [-0.1, -0.05) is 42.0 Å². The van der Waals surface area contributed by atoms with Crippen molar-refractivity contribution in [1.29, 1.82) is 0 Å². The van der Waals surface area contributed by atoms with Crippen molar-refractivity contribution in [2.75, 3.05) is 11.4 Å². The molecule has 0 aliphatic carbocycles. The first kappa shape index (κ1) is 30.1. The van der Waals surface area contributed by atoms with Gasteiger partial charge in [0.2, 0.25) is 0 Å². The molecule has 3 rings (SSSR count). The topological polar surface area (TPSA) is 32.7 Å². The van der Waals surface area contributed by atoms with Crippen molar-refractivity contribution in [1.82, 2.24) is 0 Å². The Morgan fingerprint density at radius 2 is 1.38 bits per heavy atom. The van der Waals surface area contributed by atoms with Crippen molar-refractivity contribution >= 4 is 5.69 Å². The van der Waals surface area contributed by atoms with E-state index >= 15 is 0 Å². The lowest BCUT2D eigenvalue weighted by Crippen LogP contribution is -2.50. The molecule has 0 bridgehead atoms. The van der Waals surface area contributed by atoms with Gasteiger partial charge in [-0.3, -0.25) is 0 Å². The fourth-order valence-electron chi connectivity index (χ4n) is 3.50. The Hall–Kier alpha value is -3.48. The van der Waals surface area contributed by atoms with E-state index < -0.39 is 49.0 Å². The fraction of sp³-hybridized carbons (Fsp3) is 0.308.